The summed E-state index contributed by atoms with van der Waals surface area (Å²) in [5.41, 5.74) is 1.05. The lowest BCUT2D eigenvalue weighted by Gasteiger charge is -2.31. The molecular formula is C19H26N4OS. The minimum atomic E-state index is 0.184. The Bertz CT molecular complexity index is 695. The van der Waals surface area contributed by atoms with E-state index in [0.29, 0.717) is 11.8 Å². The Kier molecular flexibility index (Phi) is 6.13. The van der Waals surface area contributed by atoms with Crippen molar-refractivity contribution in [3.8, 4) is 11.4 Å². The van der Waals surface area contributed by atoms with E-state index in [0.717, 1.165) is 35.9 Å². The second kappa shape index (κ2) is 8.52. The molecule has 1 aliphatic rings. The van der Waals surface area contributed by atoms with Gasteiger partial charge in [-0.15, -0.1) is 10.2 Å². The van der Waals surface area contributed by atoms with Crippen molar-refractivity contribution >= 4 is 17.7 Å². The topological polar surface area (TPSA) is 51.0 Å². The third kappa shape index (κ3) is 4.24. The van der Waals surface area contributed by atoms with Gasteiger partial charge in [0.2, 0.25) is 5.91 Å². The van der Waals surface area contributed by atoms with Crippen LogP contribution in [0.2, 0.25) is 0 Å². The van der Waals surface area contributed by atoms with Crippen LogP contribution in [0.3, 0.4) is 0 Å². The lowest BCUT2D eigenvalue weighted by molar-refractivity contribution is -0.129. The molecule has 1 amide bonds. The summed E-state index contributed by atoms with van der Waals surface area (Å²) in [7, 11) is 1.94. The van der Waals surface area contributed by atoms with Crippen LogP contribution >= 0.6 is 11.8 Å². The fourth-order valence-electron chi connectivity index (χ4n) is 3.38. The van der Waals surface area contributed by atoms with E-state index in [-0.39, 0.29) is 5.91 Å². The molecule has 1 aromatic heterocycles. The van der Waals surface area contributed by atoms with Gasteiger partial charge in [0.05, 0.1) is 5.75 Å². The zero-order valence-corrected chi connectivity index (χ0v) is 15.8. The highest BCUT2D eigenvalue weighted by Crippen LogP contribution is 2.25. The molecule has 1 heterocycles. The smallest absolute Gasteiger partial charge is 0.233 e. The molecule has 0 bridgehead atoms. The van der Waals surface area contributed by atoms with Crippen LogP contribution in [0.4, 0.5) is 0 Å². The first kappa shape index (κ1) is 18.0. The molecular weight excluding hydrogens is 332 g/mol. The van der Waals surface area contributed by atoms with Gasteiger partial charge >= 0.3 is 0 Å². The van der Waals surface area contributed by atoms with E-state index in [1.54, 1.807) is 0 Å². The van der Waals surface area contributed by atoms with E-state index < -0.39 is 0 Å². The van der Waals surface area contributed by atoms with Crippen LogP contribution in [0, 0.1) is 0 Å². The maximum absolute atomic E-state index is 12.5. The Morgan fingerprint density at radius 1 is 1.20 bits per heavy atom. The Balaban J connectivity index is 1.65. The van der Waals surface area contributed by atoms with Gasteiger partial charge in [0.15, 0.2) is 11.0 Å². The Morgan fingerprint density at radius 2 is 1.92 bits per heavy atom. The lowest BCUT2D eigenvalue weighted by Crippen LogP contribution is -2.39. The zero-order chi connectivity index (χ0) is 17.6. The highest BCUT2D eigenvalue weighted by Gasteiger charge is 2.23. The predicted molar refractivity (Wildman–Crippen MR) is 101 cm³/mol. The second-order valence-corrected chi connectivity index (χ2v) is 7.44. The lowest BCUT2D eigenvalue weighted by atomic mass is 9.94. The summed E-state index contributed by atoms with van der Waals surface area (Å²) in [6, 6.07) is 10.5. The number of rotatable bonds is 6. The van der Waals surface area contributed by atoms with Gasteiger partial charge in [0.1, 0.15) is 0 Å². The van der Waals surface area contributed by atoms with E-state index in [4.69, 9.17) is 0 Å². The van der Waals surface area contributed by atoms with Crippen molar-refractivity contribution in [1.29, 1.82) is 0 Å². The van der Waals surface area contributed by atoms with Crippen molar-refractivity contribution in [2.75, 3.05) is 12.8 Å². The number of hydrogen-bond acceptors (Lipinski definition) is 4. The van der Waals surface area contributed by atoms with E-state index in [1.165, 1.54) is 31.0 Å². The average Bonchev–Trinajstić information content (AvgIpc) is 3.09. The first-order valence-corrected chi connectivity index (χ1v) is 10.1. The van der Waals surface area contributed by atoms with E-state index >= 15 is 0 Å². The average molecular weight is 359 g/mol. The molecule has 2 aromatic rings. The minimum absolute atomic E-state index is 0.184. The van der Waals surface area contributed by atoms with Crippen molar-refractivity contribution in [3.63, 3.8) is 0 Å². The third-order valence-electron chi connectivity index (χ3n) is 4.91. The van der Waals surface area contributed by atoms with Crippen molar-refractivity contribution in [2.45, 2.75) is 56.8 Å². The highest BCUT2D eigenvalue weighted by atomic mass is 32.2. The molecule has 0 unspecified atom stereocenters. The zero-order valence-electron chi connectivity index (χ0n) is 15.0. The number of hydrogen-bond donors (Lipinski definition) is 0. The van der Waals surface area contributed by atoms with Crippen LogP contribution in [0.1, 0.15) is 39.0 Å². The first-order valence-electron chi connectivity index (χ1n) is 9.07. The number of amides is 1. The molecule has 25 heavy (non-hydrogen) atoms. The van der Waals surface area contributed by atoms with Crippen molar-refractivity contribution in [2.24, 2.45) is 0 Å². The van der Waals surface area contributed by atoms with E-state index in [2.05, 4.69) is 21.7 Å². The summed E-state index contributed by atoms with van der Waals surface area (Å²) in [6.07, 6.45) is 6.04. The quantitative estimate of drug-likeness (QED) is 0.736. The number of nitrogens with zero attached hydrogens (tertiary/aromatic N) is 4. The molecule has 134 valence electrons. The number of carbonyl (C=O) groups excluding carboxylic acids is 1. The molecule has 1 aliphatic carbocycles. The van der Waals surface area contributed by atoms with Crippen molar-refractivity contribution in [3.05, 3.63) is 30.3 Å². The van der Waals surface area contributed by atoms with Crippen LogP contribution in [0.15, 0.2) is 35.5 Å². The summed E-state index contributed by atoms with van der Waals surface area (Å²) in [5, 5.41) is 9.46. The van der Waals surface area contributed by atoms with Crippen LogP contribution in [-0.2, 0) is 11.3 Å². The summed E-state index contributed by atoms with van der Waals surface area (Å²) in [6.45, 7) is 2.86. The molecule has 3 rings (SSSR count). The monoisotopic (exact) mass is 358 g/mol. The molecule has 1 aromatic carbocycles. The normalized spacial score (nSPS) is 15.3. The fourth-order valence-corrected chi connectivity index (χ4v) is 4.31. The van der Waals surface area contributed by atoms with Crippen LogP contribution in [-0.4, -0.2) is 44.4 Å². The van der Waals surface area contributed by atoms with Gasteiger partial charge in [-0.3, -0.25) is 4.79 Å². The second-order valence-electron chi connectivity index (χ2n) is 6.50. The van der Waals surface area contributed by atoms with Crippen LogP contribution in [0.25, 0.3) is 11.4 Å². The molecule has 6 heteroatoms. The third-order valence-corrected chi connectivity index (χ3v) is 5.86. The van der Waals surface area contributed by atoms with Gasteiger partial charge in [0, 0.05) is 25.2 Å². The van der Waals surface area contributed by atoms with Crippen LogP contribution < -0.4 is 0 Å². The molecule has 0 atom stereocenters. The number of aromatic nitrogens is 3. The minimum Gasteiger partial charge on any atom is -0.342 e. The maximum atomic E-state index is 12.5. The highest BCUT2D eigenvalue weighted by molar-refractivity contribution is 7.99. The van der Waals surface area contributed by atoms with E-state index in [9.17, 15) is 4.79 Å². The van der Waals surface area contributed by atoms with Gasteiger partial charge in [-0.1, -0.05) is 61.4 Å². The molecule has 0 radical (unpaired) electrons. The fraction of sp³-hybridized carbons (Fsp3) is 0.526. The first-order chi connectivity index (χ1) is 12.2. The molecule has 5 nitrogen and oxygen atoms in total. The number of carbonyl (C=O) groups is 1. The molecule has 0 spiro atoms. The molecule has 1 saturated carbocycles. The van der Waals surface area contributed by atoms with Gasteiger partial charge in [-0.05, 0) is 19.8 Å². The Hall–Kier alpha value is -1.82. The number of thioether (sulfide) groups is 1. The largest absolute Gasteiger partial charge is 0.342 e. The maximum Gasteiger partial charge on any atom is 0.233 e. The SMILES string of the molecule is CCn1c(SCC(=O)N(C)C2CCCCC2)nnc1-c1ccccc1. The van der Waals surface area contributed by atoms with E-state index in [1.807, 2.05) is 42.3 Å². The van der Waals surface area contributed by atoms with Crippen molar-refractivity contribution < 1.29 is 4.79 Å². The van der Waals surface area contributed by atoms with Gasteiger partial charge in [-0.25, -0.2) is 0 Å². The van der Waals surface area contributed by atoms with Crippen molar-refractivity contribution in [1.82, 2.24) is 19.7 Å². The van der Waals surface area contributed by atoms with Gasteiger partial charge in [-0.2, -0.15) is 0 Å². The molecule has 0 N–H and O–H groups in total. The van der Waals surface area contributed by atoms with Gasteiger partial charge in [0.25, 0.3) is 0 Å². The summed E-state index contributed by atoms with van der Waals surface area (Å²) in [4.78, 5) is 14.5. The van der Waals surface area contributed by atoms with Crippen LogP contribution in [0.5, 0.6) is 0 Å². The standard InChI is InChI=1S/C19H26N4OS/c1-3-23-18(15-10-6-4-7-11-15)20-21-19(23)25-14-17(24)22(2)16-12-8-5-9-13-16/h4,6-7,10-11,16H,3,5,8-9,12-14H2,1-2H3. The molecule has 1 fully saturated rings. The Morgan fingerprint density at radius 3 is 2.60 bits per heavy atom. The number of benzene rings is 1. The summed E-state index contributed by atoms with van der Waals surface area (Å²) in [5.74, 6) is 1.46. The summed E-state index contributed by atoms with van der Waals surface area (Å²) >= 11 is 1.49. The predicted octanol–water partition coefficient (Wildman–Crippen LogP) is 3.85. The summed E-state index contributed by atoms with van der Waals surface area (Å²) < 4.78 is 2.08. The Labute approximate surface area is 153 Å². The van der Waals surface area contributed by atoms with Gasteiger partial charge < -0.3 is 9.47 Å². The molecule has 0 aliphatic heterocycles. The molecule has 0 saturated heterocycles.